The minimum absolute atomic E-state index is 0. The van der Waals surface area contributed by atoms with E-state index in [0.29, 0.717) is 11.4 Å². The fourth-order valence-corrected chi connectivity index (χ4v) is 5.49. The average Bonchev–Trinajstić information content (AvgIpc) is 2.95. The van der Waals surface area contributed by atoms with Crippen LogP contribution in [0, 0.1) is 6.07 Å². The summed E-state index contributed by atoms with van der Waals surface area (Å²) >= 11 is 0. The van der Waals surface area contributed by atoms with E-state index in [2.05, 4.69) is 143 Å². The molecule has 45 heavy (non-hydrogen) atoms. The van der Waals surface area contributed by atoms with Gasteiger partial charge in [0.15, 0.2) is 0 Å². The Balaban J connectivity index is 0.00000461. The van der Waals surface area contributed by atoms with Crippen LogP contribution in [0.3, 0.4) is 0 Å². The molecule has 0 amide bonds. The van der Waals surface area contributed by atoms with Gasteiger partial charge in [0.05, 0.1) is 5.69 Å². The van der Waals surface area contributed by atoms with E-state index in [1.807, 2.05) is 12.4 Å². The number of rotatable bonds is 4. The van der Waals surface area contributed by atoms with E-state index >= 15 is 0 Å². The maximum atomic E-state index is 5.31. The van der Waals surface area contributed by atoms with Crippen LogP contribution in [0.4, 0.5) is 5.69 Å². The van der Waals surface area contributed by atoms with Crippen molar-refractivity contribution in [2.45, 2.75) is 98.3 Å². The Hall–Kier alpha value is -3.36. The summed E-state index contributed by atoms with van der Waals surface area (Å²) < 4.78 is 0. The van der Waals surface area contributed by atoms with Gasteiger partial charge in [-0.15, -0.1) is 35.0 Å². The Morgan fingerprint density at radius 3 is 2.02 bits per heavy atom. The summed E-state index contributed by atoms with van der Waals surface area (Å²) in [6.45, 7) is 24.4. The molecule has 0 N–H and O–H groups in total. The molecule has 3 heterocycles. The van der Waals surface area contributed by atoms with Crippen molar-refractivity contribution in [1.29, 1.82) is 0 Å². The molecular weight excluding hydrogens is 732 g/mol. The van der Waals surface area contributed by atoms with Crippen molar-refractivity contribution in [1.82, 2.24) is 15.0 Å². The zero-order valence-electron chi connectivity index (χ0n) is 28.6. The van der Waals surface area contributed by atoms with Crippen LogP contribution in [0.25, 0.3) is 33.4 Å². The first kappa shape index (κ1) is 34.5. The molecule has 0 saturated heterocycles. The third-order valence-electron chi connectivity index (χ3n) is 8.23. The molecule has 0 atom stereocenters. The number of pyridine rings is 3. The Bertz CT molecular complexity index is 1890. The van der Waals surface area contributed by atoms with Crippen LogP contribution in [0.15, 0.2) is 78.0 Å². The van der Waals surface area contributed by atoms with Gasteiger partial charge >= 0.3 is 21.1 Å². The largest absolute Gasteiger partial charge is 2.00 e. The molecule has 0 spiro atoms. The van der Waals surface area contributed by atoms with Gasteiger partial charge in [-0.1, -0.05) is 118 Å². The number of nitrogens with zero attached hydrogens (tertiary/aromatic N) is 4. The first-order valence-corrected chi connectivity index (χ1v) is 15.7. The van der Waals surface area contributed by atoms with Crippen LogP contribution < -0.4 is 10.5 Å². The van der Waals surface area contributed by atoms with Gasteiger partial charge in [0, 0.05) is 17.8 Å². The molecule has 5 heteroatoms. The van der Waals surface area contributed by atoms with Gasteiger partial charge in [-0.25, -0.2) is 0 Å². The number of fused-ring (bicyclic) bond motifs is 1. The van der Waals surface area contributed by atoms with Gasteiger partial charge in [0.1, 0.15) is 0 Å². The van der Waals surface area contributed by atoms with E-state index < -0.39 is 0 Å². The van der Waals surface area contributed by atoms with E-state index in [0.717, 1.165) is 44.8 Å². The molecule has 0 radical (unpaired) electrons. The Morgan fingerprint density at radius 1 is 0.711 bits per heavy atom. The minimum atomic E-state index is -0.162. The van der Waals surface area contributed by atoms with Crippen LogP contribution in [0.5, 0.6) is 0 Å². The van der Waals surface area contributed by atoms with Crippen molar-refractivity contribution in [2.24, 2.45) is 4.99 Å². The van der Waals surface area contributed by atoms with Gasteiger partial charge in [0.2, 0.25) is 0 Å². The summed E-state index contributed by atoms with van der Waals surface area (Å²) in [5.41, 5.74) is 9.46. The number of aromatic nitrogens is 3. The second-order valence-corrected chi connectivity index (χ2v) is 15.3. The van der Waals surface area contributed by atoms with Gasteiger partial charge in [0.25, 0.3) is 0 Å². The topological polar surface area (TPSA) is 52.2 Å². The Kier molecular flexibility index (Phi) is 9.81. The summed E-state index contributed by atoms with van der Waals surface area (Å²) in [5.74, 6) is 0.459. The second-order valence-electron chi connectivity index (χ2n) is 15.3. The van der Waals surface area contributed by atoms with Gasteiger partial charge in [-0.05, 0) is 67.8 Å². The van der Waals surface area contributed by atoms with E-state index in [1.165, 1.54) is 16.5 Å². The molecular formula is C40H46N4Pt. The summed E-state index contributed by atoms with van der Waals surface area (Å²) in [4.78, 5) is 20.1. The van der Waals surface area contributed by atoms with Crippen molar-refractivity contribution < 1.29 is 21.1 Å². The van der Waals surface area contributed by atoms with Crippen LogP contribution in [-0.4, -0.2) is 9.97 Å². The Morgan fingerprint density at radius 2 is 1.38 bits per heavy atom. The third kappa shape index (κ3) is 7.55. The molecule has 0 saturated carbocycles. The van der Waals surface area contributed by atoms with Crippen molar-refractivity contribution in [3.05, 3.63) is 107 Å². The van der Waals surface area contributed by atoms with Crippen molar-refractivity contribution in [3.8, 4) is 22.6 Å². The van der Waals surface area contributed by atoms with Gasteiger partial charge in [-0.3, -0.25) is 4.98 Å². The molecule has 0 aliphatic heterocycles. The van der Waals surface area contributed by atoms with Crippen molar-refractivity contribution in [3.63, 3.8) is 0 Å². The van der Waals surface area contributed by atoms with Crippen LogP contribution >= 0.6 is 0 Å². The third-order valence-corrected chi connectivity index (χ3v) is 8.23. The van der Waals surface area contributed by atoms with Gasteiger partial charge in [-0.2, -0.15) is 0 Å². The molecule has 4 nitrogen and oxygen atoms in total. The first-order valence-electron chi connectivity index (χ1n) is 15.7. The van der Waals surface area contributed by atoms with E-state index in [1.54, 1.807) is 0 Å². The molecule has 0 unspecified atom stereocenters. The maximum Gasteiger partial charge on any atom is 2.00 e. The maximum absolute atomic E-state index is 5.31. The minimum Gasteiger partial charge on any atom is -0.454 e. The quantitative estimate of drug-likeness (QED) is 0.171. The summed E-state index contributed by atoms with van der Waals surface area (Å²) in [5, 5.41) is 2.26. The summed E-state index contributed by atoms with van der Waals surface area (Å²) in [7, 11) is 0. The average molecular weight is 778 g/mol. The van der Waals surface area contributed by atoms with Crippen molar-refractivity contribution in [2.75, 3.05) is 0 Å². The fraction of sp³-hybridized carbons (Fsp3) is 0.375. The first-order chi connectivity index (χ1) is 20.5. The number of hydrogen-bond donors (Lipinski definition) is 0. The molecule has 5 rings (SSSR count). The molecule has 2 aromatic carbocycles. The molecule has 0 aliphatic rings. The zero-order valence-corrected chi connectivity index (χ0v) is 30.9. The van der Waals surface area contributed by atoms with Crippen molar-refractivity contribution >= 4 is 16.5 Å². The van der Waals surface area contributed by atoms with Crippen LogP contribution in [0.2, 0.25) is 0 Å². The van der Waals surface area contributed by atoms with Gasteiger partial charge < -0.3 is 15.0 Å². The summed E-state index contributed by atoms with van der Waals surface area (Å²) in [6.07, 6.45) is 3.77. The molecule has 236 valence electrons. The predicted octanol–water partition coefficient (Wildman–Crippen LogP) is 9.97. The molecule has 0 aliphatic carbocycles. The van der Waals surface area contributed by atoms with E-state index in [9.17, 15) is 0 Å². The molecule has 0 fully saturated rings. The van der Waals surface area contributed by atoms with Crippen LogP contribution in [0.1, 0.15) is 104 Å². The Labute approximate surface area is 284 Å². The standard InChI is InChI=1S/C40H46N4.Pt/c1-25(2)26-12-14-30-27(22-26)18-20-42-36(30)33-17-16-32(40(9,10)11)37(43-33)44-35-23-28(13-15-31(35)39(6,7)8)34-24-29(19-21-41-34)38(3,4)5;/h12-22,24-25H,1-11H3;/q-2;+2. The fourth-order valence-electron chi connectivity index (χ4n) is 5.49. The smallest absolute Gasteiger partial charge is 0.454 e. The van der Waals surface area contributed by atoms with E-state index in [4.69, 9.17) is 19.9 Å². The molecule has 0 bridgehead atoms. The number of benzene rings is 2. The molecule has 3 aromatic heterocycles. The van der Waals surface area contributed by atoms with Crippen LogP contribution in [-0.2, 0) is 37.3 Å². The van der Waals surface area contributed by atoms with E-state index in [-0.39, 0.29) is 37.3 Å². The zero-order chi connectivity index (χ0) is 32.0. The summed E-state index contributed by atoms with van der Waals surface area (Å²) in [6, 6.07) is 25.2. The SMILES string of the molecule is CC(C)c1ccc2c(-c3ccc(C(C)(C)C)c(=Nc4[c-]c(-c5cc(C(C)(C)C)ccn5)ccc4C(C)(C)C)[n-]3)nccc2c1.[Pt+2]. The molecule has 5 aromatic rings. The normalized spacial score (nSPS) is 12.9. The second kappa shape index (κ2) is 12.8. The predicted molar refractivity (Wildman–Crippen MR) is 184 cm³/mol. The monoisotopic (exact) mass is 777 g/mol. The number of hydrogen-bond acceptors (Lipinski definition) is 3.